The summed E-state index contributed by atoms with van der Waals surface area (Å²) in [6.45, 7) is 1.68. The number of rotatable bonds is 4. The summed E-state index contributed by atoms with van der Waals surface area (Å²) in [5, 5.41) is 13.2. The Labute approximate surface area is 150 Å². The van der Waals surface area contributed by atoms with Crippen molar-refractivity contribution in [2.24, 2.45) is 0 Å². The summed E-state index contributed by atoms with van der Waals surface area (Å²) in [4.78, 5) is 38.1. The molecule has 0 fully saturated rings. The van der Waals surface area contributed by atoms with E-state index >= 15 is 0 Å². The number of ether oxygens (including phenoxy) is 1. The average Bonchev–Trinajstić information content (AvgIpc) is 3.14. The molecule has 0 spiro atoms. The van der Waals surface area contributed by atoms with Gasteiger partial charge < -0.3 is 14.7 Å². The van der Waals surface area contributed by atoms with Gasteiger partial charge >= 0.3 is 11.9 Å². The van der Waals surface area contributed by atoms with E-state index in [-0.39, 0.29) is 12.2 Å². The Kier molecular flexibility index (Phi) is 4.75. The number of carboxylic acids is 1. The number of aliphatic carboxylic acids is 1. The molecule has 1 aliphatic rings. The number of benzene rings is 1. The zero-order valence-electron chi connectivity index (χ0n) is 14.5. The molecule has 1 aromatic heterocycles. The highest BCUT2D eigenvalue weighted by atomic mass is 16.5. The van der Waals surface area contributed by atoms with E-state index in [1.165, 1.54) is 31.2 Å². The van der Waals surface area contributed by atoms with Gasteiger partial charge in [-0.15, -0.1) is 0 Å². The number of fused-ring (bicyclic) bond motifs is 1. The molecule has 2 atom stereocenters. The Morgan fingerprint density at radius 1 is 1.23 bits per heavy atom. The van der Waals surface area contributed by atoms with Crippen molar-refractivity contribution in [2.45, 2.75) is 32.0 Å². The first-order valence-electron chi connectivity index (χ1n) is 8.16. The normalized spacial score (nSPS) is 17.3. The van der Waals surface area contributed by atoms with Crippen LogP contribution in [0.5, 0.6) is 0 Å². The van der Waals surface area contributed by atoms with E-state index in [0.717, 1.165) is 15.8 Å². The molecule has 2 unspecified atom stereocenters. The fourth-order valence-electron chi connectivity index (χ4n) is 3.13. The van der Waals surface area contributed by atoms with E-state index in [2.05, 4.69) is 5.10 Å². The van der Waals surface area contributed by atoms with Crippen LogP contribution in [-0.4, -0.2) is 50.8 Å². The number of amides is 1. The zero-order valence-corrected chi connectivity index (χ0v) is 14.5. The Hall–Kier alpha value is -3.16. The Morgan fingerprint density at radius 3 is 2.58 bits per heavy atom. The van der Waals surface area contributed by atoms with Gasteiger partial charge in [-0.3, -0.25) is 4.79 Å². The summed E-state index contributed by atoms with van der Waals surface area (Å²) in [6.07, 6.45) is 1.72. The molecule has 0 saturated carbocycles. The number of methoxy groups -OCH3 is 1. The second kappa shape index (κ2) is 6.99. The van der Waals surface area contributed by atoms with Crippen molar-refractivity contribution in [2.75, 3.05) is 7.11 Å². The van der Waals surface area contributed by atoms with E-state index in [0.29, 0.717) is 6.42 Å². The lowest BCUT2D eigenvalue weighted by Crippen LogP contribution is -2.49. The van der Waals surface area contributed by atoms with Crippen LogP contribution in [0.25, 0.3) is 0 Å². The van der Waals surface area contributed by atoms with Gasteiger partial charge in [0, 0.05) is 19.2 Å². The molecule has 3 rings (SSSR count). The summed E-state index contributed by atoms with van der Waals surface area (Å²) >= 11 is 0. The Morgan fingerprint density at radius 2 is 1.92 bits per heavy atom. The molecule has 0 radical (unpaired) electrons. The molecule has 0 bridgehead atoms. The molecule has 0 saturated heterocycles. The first-order valence-corrected chi connectivity index (χ1v) is 8.16. The molecule has 1 N–H and O–H groups in total. The average molecular weight is 357 g/mol. The number of aromatic nitrogens is 2. The number of carbonyl (C=O) groups is 3. The van der Waals surface area contributed by atoms with Gasteiger partial charge in [0.15, 0.2) is 0 Å². The highest BCUT2D eigenvalue weighted by Crippen LogP contribution is 2.26. The number of hydrogen-bond donors (Lipinski definition) is 1. The summed E-state index contributed by atoms with van der Waals surface area (Å²) in [7, 11) is 1.28. The number of hydrogen-bond acceptors (Lipinski definition) is 5. The molecular weight excluding hydrogens is 338 g/mol. The molecule has 0 aliphatic carbocycles. The minimum atomic E-state index is -1.10. The van der Waals surface area contributed by atoms with Crippen LogP contribution in [-0.2, 0) is 27.3 Å². The van der Waals surface area contributed by atoms with Crippen molar-refractivity contribution < 1.29 is 24.2 Å². The van der Waals surface area contributed by atoms with Crippen molar-refractivity contribution in [1.82, 2.24) is 14.7 Å². The lowest BCUT2D eigenvalue weighted by atomic mass is 9.93. The highest BCUT2D eigenvalue weighted by Gasteiger charge is 2.37. The summed E-state index contributed by atoms with van der Waals surface area (Å²) in [5.74, 6) is -2.07. The largest absolute Gasteiger partial charge is 0.480 e. The predicted molar refractivity (Wildman–Crippen MR) is 90.4 cm³/mol. The van der Waals surface area contributed by atoms with E-state index in [1.807, 2.05) is 24.3 Å². The SMILES string of the molecule is COC(=O)C1Cc2ccccc2CN1C(=O)c1ccnn1C(C)C(=O)O. The highest BCUT2D eigenvalue weighted by molar-refractivity contribution is 5.96. The number of carbonyl (C=O) groups excluding carboxylic acids is 2. The van der Waals surface area contributed by atoms with Crippen LogP contribution in [0.15, 0.2) is 36.5 Å². The van der Waals surface area contributed by atoms with E-state index < -0.39 is 29.9 Å². The summed E-state index contributed by atoms with van der Waals surface area (Å²) in [5.41, 5.74) is 2.05. The van der Waals surface area contributed by atoms with Crippen molar-refractivity contribution in [3.05, 3.63) is 53.3 Å². The van der Waals surface area contributed by atoms with Gasteiger partial charge in [-0.1, -0.05) is 24.3 Å². The first kappa shape index (κ1) is 17.7. The number of esters is 1. The standard InChI is InChI=1S/C18H19N3O5/c1-11(17(23)24)21-14(7-8-19-21)16(22)20-10-13-6-4-3-5-12(13)9-15(20)18(25)26-2/h3-8,11,15H,9-10H2,1-2H3,(H,23,24). The van der Waals surface area contributed by atoms with E-state index in [9.17, 15) is 19.5 Å². The van der Waals surface area contributed by atoms with Crippen molar-refractivity contribution >= 4 is 17.8 Å². The van der Waals surface area contributed by atoms with Gasteiger partial charge in [-0.2, -0.15) is 5.10 Å². The maximum atomic E-state index is 13.1. The molecule has 8 heteroatoms. The minimum Gasteiger partial charge on any atom is -0.480 e. The number of carboxylic acid groups (broad SMARTS) is 1. The van der Waals surface area contributed by atoms with Gasteiger partial charge in [0.05, 0.1) is 7.11 Å². The Bertz CT molecular complexity index is 860. The van der Waals surface area contributed by atoms with Crippen LogP contribution in [0.1, 0.15) is 34.6 Å². The van der Waals surface area contributed by atoms with Gasteiger partial charge in [0.25, 0.3) is 5.91 Å². The molecule has 1 amide bonds. The van der Waals surface area contributed by atoms with Crippen molar-refractivity contribution in [1.29, 1.82) is 0 Å². The van der Waals surface area contributed by atoms with Crippen molar-refractivity contribution in [3.63, 3.8) is 0 Å². The van der Waals surface area contributed by atoms with Crippen LogP contribution in [0.2, 0.25) is 0 Å². The molecular formula is C18H19N3O5. The van der Waals surface area contributed by atoms with Crippen LogP contribution >= 0.6 is 0 Å². The zero-order chi connectivity index (χ0) is 18.8. The monoisotopic (exact) mass is 357 g/mol. The fourth-order valence-corrected chi connectivity index (χ4v) is 3.13. The third-order valence-corrected chi connectivity index (χ3v) is 4.60. The third-order valence-electron chi connectivity index (χ3n) is 4.60. The van der Waals surface area contributed by atoms with Gasteiger partial charge in [-0.05, 0) is 24.1 Å². The Balaban J connectivity index is 1.98. The molecule has 8 nitrogen and oxygen atoms in total. The van der Waals surface area contributed by atoms with Crippen LogP contribution in [0, 0.1) is 0 Å². The second-order valence-electron chi connectivity index (χ2n) is 6.12. The van der Waals surface area contributed by atoms with Crippen LogP contribution in [0.3, 0.4) is 0 Å². The lowest BCUT2D eigenvalue weighted by molar-refractivity contribution is -0.146. The summed E-state index contributed by atoms with van der Waals surface area (Å²) < 4.78 is 6.02. The maximum Gasteiger partial charge on any atom is 0.328 e. The van der Waals surface area contributed by atoms with E-state index in [4.69, 9.17) is 4.74 Å². The molecule has 136 valence electrons. The van der Waals surface area contributed by atoms with Crippen LogP contribution < -0.4 is 0 Å². The molecule has 2 heterocycles. The molecule has 26 heavy (non-hydrogen) atoms. The van der Waals surface area contributed by atoms with Gasteiger partial charge in [0.1, 0.15) is 17.8 Å². The maximum absolute atomic E-state index is 13.1. The fraction of sp³-hybridized carbons (Fsp3) is 0.333. The summed E-state index contributed by atoms with van der Waals surface area (Å²) in [6, 6.07) is 7.26. The van der Waals surface area contributed by atoms with Crippen molar-refractivity contribution in [3.8, 4) is 0 Å². The van der Waals surface area contributed by atoms with Crippen LogP contribution in [0.4, 0.5) is 0 Å². The molecule has 1 aromatic carbocycles. The van der Waals surface area contributed by atoms with E-state index in [1.54, 1.807) is 0 Å². The minimum absolute atomic E-state index is 0.119. The molecule has 1 aliphatic heterocycles. The third kappa shape index (κ3) is 3.05. The second-order valence-corrected chi connectivity index (χ2v) is 6.12. The number of nitrogens with zero attached hydrogens (tertiary/aromatic N) is 3. The van der Waals surface area contributed by atoms with Gasteiger partial charge in [-0.25, -0.2) is 14.3 Å². The molecule has 2 aromatic rings. The quantitative estimate of drug-likeness (QED) is 0.827. The topological polar surface area (TPSA) is 102 Å². The lowest BCUT2D eigenvalue weighted by Gasteiger charge is -2.35. The van der Waals surface area contributed by atoms with Gasteiger partial charge in [0.2, 0.25) is 0 Å². The predicted octanol–water partition coefficient (Wildman–Crippen LogP) is 1.27. The first-order chi connectivity index (χ1) is 12.4. The smallest absolute Gasteiger partial charge is 0.328 e.